The van der Waals surface area contributed by atoms with Crippen LogP contribution in [-0.2, 0) is 32.7 Å². The fraction of sp³-hybridized carbons (Fsp3) is 0.581. The Balaban J connectivity index is 4.37. The number of phosphoric ester groups is 1. The second-order valence-electron chi connectivity index (χ2n) is 12.6. The van der Waals surface area contributed by atoms with Crippen molar-refractivity contribution in [2.75, 3.05) is 26.4 Å². The number of hydrogen-bond donors (Lipinski definition) is 3. The van der Waals surface area contributed by atoms with Crippen molar-refractivity contribution in [1.82, 2.24) is 0 Å². The maximum Gasteiger partial charge on any atom is 0.472 e. The lowest BCUT2D eigenvalue weighted by Gasteiger charge is -2.19. The van der Waals surface area contributed by atoms with E-state index < -0.39 is 32.5 Å². The summed E-state index contributed by atoms with van der Waals surface area (Å²) in [6.45, 7) is 3.15. The molecule has 0 spiro atoms. The molecule has 1 unspecified atom stereocenters. The summed E-state index contributed by atoms with van der Waals surface area (Å²) in [5, 5.41) is 9.46. The van der Waals surface area contributed by atoms with Crippen LogP contribution >= 0.6 is 7.82 Å². The molecule has 0 amide bonds. The topological polar surface area (TPSA) is 155 Å². The fourth-order valence-corrected chi connectivity index (χ4v) is 5.34. The van der Waals surface area contributed by atoms with E-state index in [1.807, 2.05) is 37.3 Å². The van der Waals surface area contributed by atoms with Gasteiger partial charge in [0, 0.05) is 19.4 Å². The molecule has 306 valence electrons. The second kappa shape index (κ2) is 38.2. The highest BCUT2D eigenvalue weighted by atomic mass is 31.2. The Morgan fingerprint density at radius 2 is 1.19 bits per heavy atom. The molecule has 0 radical (unpaired) electrons. The van der Waals surface area contributed by atoms with E-state index in [1.54, 1.807) is 6.08 Å². The molecule has 0 bridgehead atoms. The molecule has 0 fully saturated rings. The van der Waals surface area contributed by atoms with E-state index in [0.717, 1.165) is 70.6 Å². The van der Waals surface area contributed by atoms with Crippen LogP contribution in [0.1, 0.15) is 123 Å². The van der Waals surface area contributed by atoms with Crippen LogP contribution in [0.15, 0.2) is 97.2 Å². The summed E-state index contributed by atoms with van der Waals surface area (Å²) in [6, 6.07) is 0. The molecule has 0 aliphatic heterocycles. The Morgan fingerprint density at radius 1 is 0.648 bits per heavy atom. The van der Waals surface area contributed by atoms with Crippen molar-refractivity contribution in [1.29, 1.82) is 0 Å². The average molecular weight is 776 g/mol. The second-order valence-corrected chi connectivity index (χ2v) is 14.0. The quantitative estimate of drug-likeness (QED) is 0.0186. The number of phosphoric acid groups is 1. The maximum absolute atomic E-state index is 12.5. The van der Waals surface area contributed by atoms with E-state index in [9.17, 15) is 24.2 Å². The zero-order valence-electron chi connectivity index (χ0n) is 33.0. The fourth-order valence-electron chi connectivity index (χ4n) is 4.57. The molecule has 0 aliphatic carbocycles. The van der Waals surface area contributed by atoms with Crippen LogP contribution in [0.3, 0.4) is 0 Å². The molecular weight excluding hydrogens is 705 g/mol. The molecule has 0 heterocycles. The number of unbranched alkanes of at least 4 members (excludes halogenated alkanes) is 6. The van der Waals surface area contributed by atoms with Gasteiger partial charge in [-0.15, -0.1) is 0 Å². The minimum Gasteiger partial charge on any atom is -0.462 e. The molecule has 11 heteroatoms. The molecule has 4 N–H and O–H groups in total. The first kappa shape index (κ1) is 50.9. The van der Waals surface area contributed by atoms with Crippen molar-refractivity contribution in [2.24, 2.45) is 5.73 Å². The predicted molar refractivity (Wildman–Crippen MR) is 221 cm³/mol. The smallest absolute Gasteiger partial charge is 0.462 e. The van der Waals surface area contributed by atoms with Gasteiger partial charge in [-0.1, -0.05) is 130 Å². The number of aliphatic hydroxyl groups excluding tert-OH is 1. The monoisotopic (exact) mass is 775 g/mol. The molecule has 3 atom stereocenters. The van der Waals surface area contributed by atoms with Gasteiger partial charge in [0.15, 0.2) is 6.10 Å². The number of carbonyl (C=O) groups excluding carboxylic acids is 2. The molecule has 54 heavy (non-hydrogen) atoms. The lowest BCUT2D eigenvalue weighted by Crippen LogP contribution is -2.29. The number of rotatable bonds is 35. The van der Waals surface area contributed by atoms with Gasteiger partial charge in [-0.3, -0.25) is 18.6 Å². The standard InChI is InChI=1S/C43H70NO9P/c1-3-5-6-7-8-9-10-11-12-17-20-23-26-29-32-35-43(47)53-41(39-52-54(48,49)51-37-36-44)38-50-42(46)34-31-28-25-22-19-16-14-13-15-18-21-24-27-30-33-40(45)4-2/h5-6,8-9,11-12,14-16,18,22,24-25,27,30,33,40-41,45H,3-4,7,10,13,17,19-21,23,26,28-29,31-32,34-39,44H2,1-2H3,(H,48,49)/b6-5-,9-8-,12-11-,16-14-,18-15-,25-22-,27-24-,33-30+/t40-,41+/m0/s1. The summed E-state index contributed by atoms with van der Waals surface area (Å²) in [7, 11) is -4.41. The Morgan fingerprint density at radius 3 is 1.80 bits per heavy atom. The lowest BCUT2D eigenvalue weighted by atomic mass is 10.1. The lowest BCUT2D eigenvalue weighted by molar-refractivity contribution is -0.161. The maximum atomic E-state index is 12.5. The Kier molecular flexibility index (Phi) is 36.0. The SMILES string of the molecule is CC/C=C\C/C=C\C/C=C\CCCCCCCC(=O)O[C@H](COC(=O)CCC/C=C\C/C=C\C/C=C\C/C=C\C=C\[C@@H](O)CC)COP(=O)(O)OCCN. The van der Waals surface area contributed by atoms with Crippen molar-refractivity contribution in [3.05, 3.63) is 97.2 Å². The van der Waals surface area contributed by atoms with Crippen molar-refractivity contribution >= 4 is 19.8 Å². The first-order chi connectivity index (χ1) is 26.2. The molecule has 0 rings (SSSR count). The van der Waals surface area contributed by atoms with E-state index in [4.69, 9.17) is 24.3 Å². The van der Waals surface area contributed by atoms with Gasteiger partial charge in [-0.05, 0) is 77.0 Å². The third-order valence-corrected chi connectivity index (χ3v) is 8.61. The number of nitrogens with two attached hydrogens (primary N) is 1. The normalized spacial score (nSPS) is 15.0. The van der Waals surface area contributed by atoms with E-state index in [2.05, 4.69) is 67.7 Å². The van der Waals surface area contributed by atoms with Crippen LogP contribution in [0.4, 0.5) is 0 Å². The van der Waals surface area contributed by atoms with Gasteiger partial charge in [0.1, 0.15) is 6.61 Å². The van der Waals surface area contributed by atoms with Crippen LogP contribution in [0, 0.1) is 0 Å². The number of aliphatic hydroxyl groups is 1. The van der Waals surface area contributed by atoms with Crippen molar-refractivity contribution in [3.8, 4) is 0 Å². The van der Waals surface area contributed by atoms with Crippen molar-refractivity contribution in [2.45, 2.75) is 135 Å². The highest BCUT2D eigenvalue weighted by Gasteiger charge is 2.25. The molecule has 0 aromatic rings. The van der Waals surface area contributed by atoms with Gasteiger partial charge in [0.2, 0.25) is 0 Å². The molecule has 10 nitrogen and oxygen atoms in total. The van der Waals surface area contributed by atoms with Crippen LogP contribution in [-0.4, -0.2) is 60.5 Å². The zero-order valence-corrected chi connectivity index (χ0v) is 33.9. The number of ether oxygens (including phenoxy) is 2. The third-order valence-electron chi connectivity index (χ3n) is 7.62. The van der Waals surface area contributed by atoms with Crippen LogP contribution in [0.25, 0.3) is 0 Å². The van der Waals surface area contributed by atoms with Crippen LogP contribution in [0.2, 0.25) is 0 Å². The van der Waals surface area contributed by atoms with Crippen molar-refractivity contribution in [3.63, 3.8) is 0 Å². The largest absolute Gasteiger partial charge is 0.472 e. The Hall–Kier alpha value is -3.11. The van der Waals surface area contributed by atoms with Crippen molar-refractivity contribution < 1.29 is 42.7 Å². The van der Waals surface area contributed by atoms with E-state index in [0.29, 0.717) is 25.7 Å². The number of carbonyl (C=O) groups is 2. The van der Waals surface area contributed by atoms with Gasteiger partial charge in [-0.25, -0.2) is 4.57 Å². The molecule has 0 saturated heterocycles. The minimum atomic E-state index is -4.41. The van der Waals surface area contributed by atoms with Gasteiger partial charge >= 0.3 is 19.8 Å². The molecular formula is C43H70NO9P. The molecule has 0 aliphatic rings. The van der Waals surface area contributed by atoms with E-state index in [1.165, 1.54) is 0 Å². The summed E-state index contributed by atoms with van der Waals surface area (Å²) < 4.78 is 32.6. The van der Waals surface area contributed by atoms with Crippen LogP contribution in [0.5, 0.6) is 0 Å². The molecule has 0 aromatic carbocycles. The molecule has 0 saturated carbocycles. The van der Waals surface area contributed by atoms with Gasteiger partial charge < -0.3 is 25.2 Å². The number of allylic oxidation sites excluding steroid dienone is 15. The Bertz CT molecular complexity index is 1220. The summed E-state index contributed by atoms with van der Waals surface area (Å²) >= 11 is 0. The molecule has 0 aromatic heterocycles. The number of hydrogen-bond acceptors (Lipinski definition) is 9. The highest BCUT2D eigenvalue weighted by molar-refractivity contribution is 7.47. The summed E-state index contributed by atoms with van der Waals surface area (Å²) in [5.41, 5.74) is 5.33. The summed E-state index contributed by atoms with van der Waals surface area (Å²) in [6.07, 6.45) is 45.4. The van der Waals surface area contributed by atoms with Gasteiger partial charge in [-0.2, -0.15) is 0 Å². The third kappa shape index (κ3) is 37.2. The zero-order chi connectivity index (χ0) is 39.8. The highest BCUT2D eigenvalue weighted by Crippen LogP contribution is 2.43. The predicted octanol–water partition coefficient (Wildman–Crippen LogP) is 10.0. The Labute approximate surface area is 326 Å². The summed E-state index contributed by atoms with van der Waals surface area (Å²) in [5.74, 6) is -0.949. The first-order valence-electron chi connectivity index (χ1n) is 19.8. The average Bonchev–Trinajstić information content (AvgIpc) is 3.16. The summed E-state index contributed by atoms with van der Waals surface area (Å²) in [4.78, 5) is 34.8. The minimum absolute atomic E-state index is 0.0314. The first-order valence-corrected chi connectivity index (χ1v) is 21.3. The number of esters is 2. The van der Waals surface area contributed by atoms with Gasteiger partial charge in [0.25, 0.3) is 0 Å². The van der Waals surface area contributed by atoms with Gasteiger partial charge in [0.05, 0.1) is 19.3 Å². The van der Waals surface area contributed by atoms with E-state index >= 15 is 0 Å². The van der Waals surface area contributed by atoms with E-state index in [-0.39, 0.29) is 38.7 Å². The van der Waals surface area contributed by atoms with Crippen LogP contribution < -0.4 is 5.73 Å².